The van der Waals surface area contributed by atoms with Crippen molar-refractivity contribution in [3.05, 3.63) is 254 Å². The molecule has 0 saturated heterocycles. The summed E-state index contributed by atoms with van der Waals surface area (Å²) in [5, 5.41) is 7.36. The molecule has 0 heterocycles. The van der Waals surface area contributed by atoms with Gasteiger partial charge in [-0.05, 0) is 104 Å². The molecule has 0 fully saturated rings. The fourth-order valence-electron chi connectivity index (χ4n) is 8.97. The second kappa shape index (κ2) is 25.0. The number of nitrogens with two attached hydrogens (primary N) is 2. The second-order valence-corrected chi connectivity index (χ2v) is 26.8. The number of hydrogen-bond donors (Lipinski definition) is 6. The SMILES string of the molecule is N[C@H](c1ccccc1)[C@H](N)c1ccccc1.O=P(O)(O)c1cc(P(c2ccccc2)c2ccccc2)c(-c2c(P(c3ccccc3)c3ccccc3)cc(P(=O)(O)O)c3ccccc23)c2ccccc12.[Cl][Ru][Cl]. The molecule has 0 spiro atoms. The van der Waals surface area contributed by atoms with E-state index in [1.807, 2.05) is 206 Å². The van der Waals surface area contributed by atoms with Crippen LogP contribution in [0.1, 0.15) is 23.2 Å². The van der Waals surface area contributed by atoms with Gasteiger partial charge in [-0.3, -0.25) is 9.13 Å². The van der Waals surface area contributed by atoms with Crippen molar-refractivity contribution in [3.8, 4) is 11.1 Å². The Kier molecular flexibility index (Phi) is 18.6. The van der Waals surface area contributed by atoms with Crippen LogP contribution in [0.15, 0.2) is 243 Å². The molecule has 0 unspecified atom stereocenters. The topological polar surface area (TPSA) is 167 Å². The van der Waals surface area contributed by atoms with Crippen molar-refractivity contribution >= 4 is 114 Å². The summed E-state index contributed by atoms with van der Waals surface area (Å²) < 4.78 is 26.9. The van der Waals surface area contributed by atoms with Crippen molar-refractivity contribution in [2.75, 3.05) is 0 Å². The second-order valence-electron chi connectivity index (χ2n) is 16.7. The van der Waals surface area contributed by atoms with Crippen LogP contribution in [0.3, 0.4) is 0 Å². The zero-order valence-corrected chi connectivity index (χ0v) is 45.7. The third kappa shape index (κ3) is 12.8. The van der Waals surface area contributed by atoms with E-state index in [2.05, 4.69) is 0 Å². The quantitative estimate of drug-likeness (QED) is 0.0519. The molecule has 8 N–H and O–H groups in total. The molecule has 0 bridgehead atoms. The van der Waals surface area contributed by atoms with Gasteiger partial charge in [0.2, 0.25) is 0 Å². The van der Waals surface area contributed by atoms with Crippen LogP contribution in [0.5, 0.6) is 0 Å². The average molecular weight is 1170 g/mol. The van der Waals surface area contributed by atoms with Gasteiger partial charge in [0.25, 0.3) is 0 Å². The van der Waals surface area contributed by atoms with E-state index in [1.54, 1.807) is 36.4 Å². The minimum absolute atomic E-state index is 0.0673. The molecule has 10 rings (SSSR count). The van der Waals surface area contributed by atoms with Crippen LogP contribution >= 0.6 is 50.4 Å². The predicted molar refractivity (Wildman–Crippen MR) is 306 cm³/mol. The summed E-state index contributed by atoms with van der Waals surface area (Å²) in [6, 6.07) is 77.5. The summed E-state index contributed by atoms with van der Waals surface area (Å²) in [5.41, 5.74) is 16.0. The van der Waals surface area contributed by atoms with Crippen LogP contribution < -0.4 is 53.9 Å². The number of fused-ring (bicyclic) bond motifs is 2. The third-order valence-corrected chi connectivity index (χ3v) is 19.1. The molecule has 370 valence electrons. The van der Waals surface area contributed by atoms with Gasteiger partial charge in [-0.2, -0.15) is 0 Å². The molecule has 0 radical (unpaired) electrons. The molecule has 8 nitrogen and oxygen atoms in total. The van der Waals surface area contributed by atoms with E-state index >= 15 is 0 Å². The first-order valence-corrected chi connectivity index (χ1v) is 33.2. The van der Waals surface area contributed by atoms with Crippen LogP contribution in [-0.4, -0.2) is 19.6 Å². The molecular weight excluding hydrogens is 1120 g/mol. The first-order valence-electron chi connectivity index (χ1n) is 22.8. The summed E-state index contributed by atoms with van der Waals surface area (Å²) in [6.45, 7) is 0. The van der Waals surface area contributed by atoms with Crippen LogP contribution in [0.4, 0.5) is 0 Å². The fraction of sp³-hybridized carbons (Fsp3) is 0.0345. The van der Waals surface area contributed by atoms with Crippen LogP contribution in [-0.2, 0) is 24.3 Å². The summed E-state index contributed by atoms with van der Waals surface area (Å²) in [6.07, 6.45) is 0. The molecule has 0 aromatic heterocycles. The van der Waals surface area contributed by atoms with Crippen LogP contribution in [0.25, 0.3) is 32.7 Å². The first kappa shape index (κ1) is 54.3. The molecule has 0 amide bonds. The molecule has 0 aliphatic carbocycles. The maximum atomic E-state index is 13.5. The molecule has 2 atom stereocenters. The molecule has 10 aromatic rings. The Bertz CT molecular complexity index is 3200. The van der Waals surface area contributed by atoms with Crippen molar-refractivity contribution in [1.29, 1.82) is 0 Å². The monoisotopic (exact) mass is 1170 g/mol. The maximum absolute atomic E-state index is 13.5. The van der Waals surface area contributed by atoms with Crippen molar-refractivity contribution < 1.29 is 43.8 Å². The third-order valence-electron chi connectivity index (χ3n) is 12.2. The standard InChI is InChI=1S/C44H34O6P4.C14H16N2.2ClH.Ru/c45-53(46,47)41-29-39(51(31-17-5-1-6-18-31)32-19-7-2-8-20-32)43(37-27-15-13-25-35(37)41)44-38-28-16-14-26-36(38)42(54(48,49)50)30-40(44)52(33-21-9-3-10-22-33)34-23-11-4-12-24-34;15-13(11-7-3-1-4-8-11)14(16)12-9-5-2-6-10-12;;;/h1-30H,(H2,45,46,47)(H2,48,49,50);1-10,13-14H,15-16H2;2*1H;/q;;;;+2/p-2/t;13-,14-;;;/m.1.../s1. The first-order chi connectivity index (χ1) is 35.3. The van der Waals surface area contributed by atoms with Crippen molar-refractivity contribution in [2.45, 2.75) is 12.1 Å². The van der Waals surface area contributed by atoms with Crippen molar-refractivity contribution in [3.63, 3.8) is 0 Å². The number of hydrogen-bond acceptors (Lipinski definition) is 4. The Hall–Kier alpha value is -5.00. The predicted octanol–water partition coefficient (Wildman–Crippen LogP) is 10.5. The van der Waals surface area contributed by atoms with E-state index in [-0.39, 0.29) is 37.8 Å². The van der Waals surface area contributed by atoms with Gasteiger partial charge in [0.15, 0.2) is 0 Å². The Balaban J connectivity index is 0.000000314. The number of benzene rings is 10. The molecule has 0 saturated carbocycles. The van der Waals surface area contributed by atoms with Crippen LogP contribution in [0, 0.1) is 0 Å². The van der Waals surface area contributed by atoms with Gasteiger partial charge in [-0.1, -0.05) is 231 Å². The number of rotatable bonds is 12. The molecule has 0 aliphatic rings. The van der Waals surface area contributed by atoms with Crippen LogP contribution in [0.2, 0.25) is 0 Å². The molecule has 73 heavy (non-hydrogen) atoms. The Morgan fingerprint density at radius 2 is 0.589 bits per heavy atom. The van der Waals surface area contributed by atoms with E-state index in [9.17, 15) is 28.7 Å². The molecular formula is C58H50Cl2N2O6P4Ru. The molecule has 15 heteroatoms. The normalized spacial score (nSPS) is 12.5. The van der Waals surface area contributed by atoms with Gasteiger partial charge in [-0.15, -0.1) is 0 Å². The molecule has 0 aliphatic heterocycles. The number of halogens is 2. The Morgan fingerprint density at radius 1 is 0.370 bits per heavy atom. The average Bonchev–Trinajstić information content (AvgIpc) is 3.42. The van der Waals surface area contributed by atoms with Gasteiger partial charge in [0.1, 0.15) is 0 Å². The van der Waals surface area contributed by atoms with Crippen molar-refractivity contribution in [1.82, 2.24) is 0 Å². The van der Waals surface area contributed by atoms with Gasteiger partial charge >= 0.3 is 49.7 Å². The van der Waals surface area contributed by atoms with Crippen molar-refractivity contribution in [2.24, 2.45) is 11.5 Å². The van der Waals surface area contributed by atoms with Gasteiger partial charge in [-0.25, -0.2) is 0 Å². The zero-order chi connectivity index (χ0) is 51.5. The summed E-state index contributed by atoms with van der Waals surface area (Å²) in [7, 11) is -2.81. The minimum atomic E-state index is -4.82. The Labute approximate surface area is 443 Å². The van der Waals surface area contributed by atoms with E-state index in [1.165, 1.54) is 0 Å². The zero-order valence-electron chi connectivity index (χ0n) is 38.9. The summed E-state index contributed by atoms with van der Waals surface area (Å²) in [5.74, 6) is 0. The van der Waals surface area contributed by atoms with Gasteiger partial charge in [0, 0.05) is 12.1 Å². The summed E-state index contributed by atoms with van der Waals surface area (Å²) >= 11 is -0.346. The summed E-state index contributed by atoms with van der Waals surface area (Å²) in [4.78, 5) is 43.9. The van der Waals surface area contributed by atoms with E-state index in [0.717, 1.165) is 54.1 Å². The van der Waals surface area contributed by atoms with E-state index in [4.69, 9.17) is 30.8 Å². The molecule has 10 aromatic carbocycles. The fourth-order valence-corrected chi connectivity index (χ4v) is 15.8. The van der Waals surface area contributed by atoms with Gasteiger partial charge < -0.3 is 31.0 Å². The van der Waals surface area contributed by atoms with Gasteiger partial charge in [0.05, 0.1) is 10.6 Å². The van der Waals surface area contributed by atoms with E-state index < -0.39 is 31.0 Å². The Morgan fingerprint density at radius 3 is 0.836 bits per heavy atom. The van der Waals surface area contributed by atoms with E-state index in [0.29, 0.717) is 21.5 Å².